The first-order valence-electron chi connectivity index (χ1n) is 13.0. The third-order valence-electron chi connectivity index (χ3n) is 7.26. The van der Waals surface area contributed by atoms with Gasteiger partial charge in [0.05, 0.1) is 11.3 Å². The summed E-state index contributed by atoms with van der Waals surface area (Å²) >= 11 is 0. The third-order valence-corrected chi connectivity index (χ3v) is 7.26. The van der Waals surface area contributed by atoms with Crippen molar-refractivity contribution in [1.29, 1.82) is 0 Å². The summed E-state index contributed by atoms with van der Waals surface area (Å²) in [5.74, 6) is 1.70. The molecule has 206 valence electrons. The van der Waals surface area contributed by atoms with Gasteiger partial charge in [0, 0.05) is 62.0 Å². The average molecular weight is 539 g/mol. The van der Waals surface area contributed by atoms with Gasteiger partial charge in [-0.05, 0) is 56.7 Å². The fourth-order valence-corrected chi connectivity index (χ4v) is 4.91. The fraction of sp³-hybridized carbons (Fsp3) is 0.444. The number of anilines is 3. The van der Waals surface area contributed by atoms with Gasteiger partial charge in [-0.15, -0.1) is 0 Å². The maximum atomic E-state index is 13.2. The van der Waals surface area contributed by atoms with Gasteiger partial charge in [0.25, 0.3) is 0 Å². The van der Waals surface area contributed by atoms with Crippen LogP contribution in [-0.4, -0.2) is 65.4 Å². The Balaban J connectivity index is 1.39. The predicted octanol–water partition coefficient (Wildman–Crippen LogP) is 4.61. The molecular formula is C27H32F2N8O2. The summed E-state index contributed by atoms with van der Waals surface area (Å²) in [4.78, 5) is 26.9. The lowest BCUT2D eigenvalue weighted by atomic mass is 9.83. The van der Waals surface area contributed by atoms with Crippen LogP contribution < -0.4 is 10.6 Å². The van der Waals surface area contributed by atoms with Gasteiger partial charge < -0.3 is 20.6 Å². The number of nitrogens with one attached hydrogen (secondary N) is 2. The number of carbonyl (C=O) groups is 1. The second kappa shape index (κ2) is 11.0. The molecule has 1 amide bonds. The molecular weight excluding hydrogens is 506 g/mol. The molecule has 10 nitrogen and oxygen atoms in total. The van der Waals surface area contributed by atoms with Crippen LogP contribution in [0.4, 0.5) is 26.1 Å². The number of carbonyl (C=O) groups excluding carboxylic acids is 1. The highest BCUT2D eigenvalue weighted by molar-refractivity contribution is 5.78. The first kappa shape index (κ1) is 26.7. The molecule has 1 fully saturated rings. The standard InChI is InChI=1S/C27H32F2N8O2/c1-17(38)36-12-6-18(7-13-36)25-30-11-5-23(34-25)33-24-15-22(32-19-3-9-27(2,39)10-4-19)20(16-31-24)21-8-14-37(35-21)26(28)29/h5-6,8,11,14-16,19,26,39H,3-4,7,9-10,12-13H2,1-2H3,(H2,30,31,32,33,34). The molecule has 3 aromatic rings. The maximum Gasteiger partial charge on any atom is 0.333 e. The van der Waals surface area contributed by atoms with E-state index in [2.05, 4.69) is 30.7 Å². The lowest BCUT2D eigenvalue weighted by molar-refractivity contribution is -0.128. The van der Waals surface area contributed by atoms with Gasteiger partial charge in [0.2, 0.25) is 5.91 Å². The smallest absolute Gasteiger partial charge is 0.333 e. The molecule has 2 aliphatic rings. The van der Waals surface area contributed by atoms with E-state index in [1.54, 1.807) is 30.3 Å². The average Bonchev–Trinajstić information content (AvgIpc) is 3.41. The first-order valence-corrected chi connectivity index (χ1v) is 13.0. The Kier molecular flexibility index (Phi) is 7.56. The third kappa shape index (κ3) is 6.39. The van der Waals surface area contributed by atoms with E-state index < -0.39 is 12.2 Å². The molecule has 0 aromatic carbocycles. The van der Waals surface area contributed by atoms with E-state index in [0.29, 0.717) is 71.4 Å². The highest BCUT2D eigenvalue weighted by atomic mass is 19.3. The van der Waals surface area contributed by atoms with Gasteiger partial charge in [-0.25, -0.2) is 19.6 Å². The minimum atomic E-state index is -2.73. The maximum absolute atomic E-state index is 13.2. The van der Waals surface area contributed by atoms with E-state index in [-0.39, 0.29) is 11.9 Å². The van der Waals surface area contributed by atoms with Gasteiger partial charge >= 0.3 is 6.55 Å². The van der Waals surface area contributed by atoms with Crippen molar-refractivity contribution in [2.45, 2.75) is 64.1 Å². The number of aromatic nitrogens is 5. The Morgan fingerprint density at radius 3 is 2.67 bits per heavy atom. The highest BCUT2D eigenvalue weighted by Crippen LogP contribution is 2.34. The molecule has 5 rings (SSSR count). The van der Waals surface area contributed by atoms with Crippen molar-refractivity contribution >= 4 is 28.8 Å². The quantitative estimate of drug-likeness (QED) is 0.399. The molecule has 0 radical (unpaired) electrons. The number of hydrogen-bond donors (Lipinski definition) is 3. The van der Waals surface area contributed by atoms with Gasteiger partial charge in [-0.1, -0.05) is 6.08 Å². The molecule has 1 saturated carbocycles. The zero-order valence-corrected chi connectivity index (χ0v) is 21.9. The molecule has 3 N–H and O–H groups in total. The molecule has 1 aliphatic heterocycles. The SMILES string of the molecule is CC(=O)N1CC=C(c2nccc(Nc3cc(NC4CCC(C)(O)CC4)c(-c4ccn(C(F)F)n4)cn3)n2)CC1. The van der Waals surface area contributed by atoms with E-state index in [1.165, 1.54) is 12.3 Å². The lowest BCUT2D eigenvalue weighted by Gasteiger charge is -2.34. The normalized spacial score (nSPS) is 21.5. The predicted molar refractivity (Wildman–Crippen MR) is 143 cm³/mol. The van der Waals surface area contributed by atoms with E-state index in [1.807, 2.05) is 19.1 Å². The van der Waals surface area contributed by atoms with Crippen LogP contribution >= 0.6 is 0 Å². The summed E-state index contributed by atoms with van der Waals surface area (Å²) in [6.45, 7) is 1.82. The number of nitrogens with zero attached hydrogens (tertiary/aromatic N) is 6. The van der Waals surface area contributed by atoms with E-state index in [9.17, 15) is 18.7 Å². The monoisotopic (exact) mass is 538 g/mol. The van der Waals surface area contributed by atoms with Gasteiger partial charge in [0.15, 0.2) is 5.82 Å². The zero-order chi connectivity index (χ0) is 27.6. The molecule has 1 aliphatic carbocycles. The Bertz CT molecular complexity index is 1360. The van der Waals surface area contributed by atoms with Crippen LogP contribution in [0.1, 0.15) is 58.3 Å². The minimum Gasteiger partial charge on any atom is -0.390 e. The molecule has 0 bridgehead atoms. The van der Waals surface area contributed by atoms with Crippen LogP contribution in [0, 0.1) is 0 Å². The van der Waals surface area contributed by atoms with Gasteiger partial charge in [0.1, 0.15) is 11.6 Å². The number of aliphatic hydroxyl groups is 1. The number of amides is 1. The molecule has 0 unspecified atom stereocenters. The van der Waals surface area contributed by atoms with Crippen LogP contribution in [0.25, 0.3) is 16.8 Å². The second-order valence-corrected chi connectivity index (χ2v) is 10.3. The Morgan fingerprint density at radius 2 is 2.00 bits per heavy atom. The first-order chi connectivity index (χ1) is 18.7. The van der Waals surface area contributed by atoms with Crippen molar-refractivity contribution in [3.63, 3.8) is 0 Å². The largest absolute Gasteiger partial charge is 0.390 e. The summed E-state index contributed by atoms with van der Waals surface area (Å²) in [5, 5.41) is 21.1. The molecule has 0 saturated heterocycles. The second-order valence-electron chi connectivity index (χ2n) is 10.3. The number of alkyl halides is 2. The Morgan fingerprint density at radius 1 is 1.21 bits per heavy atom. The number of rotatable bonds is 7. The Hall–Kier alpha value is -3.93. The van der Waals surface area contributed by atoms with Crippen molar-refractivity contribution in [3.05, 3.63) is 48.7 Å². The molecule has 3 aromatic heterocycles. The number of halogens is 2. The molecule has 4 heterocycles. The molecule has 39 heavy (non-hydrogen) atoms. The number of hydrogen-bond acceptors (Lipinski definition) is 8. The highest BCUT2D eigenvalue weighted by Gasteiger charge is 2.29. The lowest BCUT2D eigenvalue weighted by Crippen LogP contribution is -2.35. The van der Waals surface area contributed by atoms with E-state index in [4.69, 9.17) is 0 Å². The molecule has 12 heteroatoms. The zero-order valence-electron chi connectivity index (χ0n) is 21.9. The van der Waals surface area contributed by atoms with Crippen LogP contribution in [-0.2, 0) is 4.79 Å². The van der Waals surface area contributed by atoms with Crippen molar-refractivity contribution in [2.24, 2.45) is 0 Å². The topological polar surface area (TPSA) is 121 Å². The fourth-order valence-electron chi connectivity index (χ4n) is 4.91. The van der Waals surface area contributed by atoms with Crippen LogP contribution in [0.2, 0.25) is 0 Å². The Labute approximate surface area is 225 Å². The van der Waals surface area contributed by atoms with Crippen molar-refractivity contribution < 1.29 is 18.7 Å². The van der Waals surface area contributed by atoms with Crippen LogP contribution in [0.5, 0.6) is 0 Å². The van der Waals surface area contributed by atoms with Crippen molar-refractivity contribution in [2.75, 3.05) is 23.7 Å². The van der Waals surface area contributed by atoms with E-state index >= 15 is 0 Å². The summed E-state index contributed by atoms with van der Waals surface area (Å²) in [6.07, 6.45) is 10.0. The summed E-state index contributed by atoms with van der Waals surface area (Å²) in [5.41, 5.74) is 1.98. The molecule has 0 atom stereocenters. The van der Waals surface area contributed by atoms with Gasteiger partial charge in [-0.2, -0.15) is 13.9 Å². The van der Waals surface area contributed by atoms with E-state index in [0.717, 1.165) is 18.4 Å². The summed E-state index contributed by atoms with van der Waals surface area (Å²) in [6, 6.07) is 5.20. The van der Waals surface area contributed by atoms with Crippen LogP contribution in [0.15, 0.2) is 42.9 Å². The van der Waals surface area contributed by atoms with Crippen LogP contribution in [0.3, 0.4) is 0 Å². The summed E-state index contributed by atoms with van der Waals surface area (Å²) < 4.78 is 27.0. The minimum absolute atomic E-state index is 0.0418. The van der Waals surface area contributed by atoms with Crippen molar-refractivity contribution in [3.8, 4) is 11.3 Å². The summed E-state index contributed by atoms with van der Waals surface area (Å²) in [7, 11) is 0. The number of pyridine rings is 1. The van der Waals surface area contributed by atoms with Crippen molar-refractivity contribution in [1.82, 2.24) is 29.6 Å². The van der Waals surface area contributed by atoms with Gasteiger partial charge in [-0.3, -0.25) is 4.79 Å². The molecule has 0 spiro atoms.